The van der Waals surface area contributed by atoms with Gasteiger partial charge in [-0.15, -0.1) is 0 Å². The summed E-state index contributed by atoms with van der Waals surface area (Å²) in [6, 6.07) is 0.586. The molecule has 0 radical (unpaired) electrons. The summed E-state index contributed by atoms with van der Waals surface area (Å²) in [6.07, 6.45) is 5.50. The first-order chi connectivity index (χ1) is 8.20. The van der Waals surface area contributed by atoms with Crippen LogP contribution < -0.4 is 5.48 Å². The van der Waals surface area contributed by atoms with Gasteiger partial charge in [0.05, 0.1) is 0 Å². The van der Waals surface area contributed by atoms with Crippen LogP contribution in [-0.2, 0) is 8.95 Å². The van der Waals surface area contributed by atoms with Crippen molar-refractivity contribution in [2.45, 2.75) is 45.1 Å². The zero-order valence-electron chi connectivity index (χ0n) is 10.7. The normalized spacial score (nSPS) is 30.9. The molecule has 1 heterocycles. The van der Waals surface area contributed by atoms with E-state index in [4.69, 9.17) is 8.95 Å². The lowest BCUT2D eigenvalue weighted by atomic mass is 9.99. The molecule has 1 aliphatic rings. The molecule has 6 heteroatoms. The fourth-order valence-corrected chi connectivity index (χ4v) is 4.08. The van der Waals surface area contributed by atoms with Crippen molar-refractivity contribution in [2.24, 2.45) is 5.92 Å². The largest absolute Gasteiger partial charge is 0.515 e. The summed E-state index contributed by atoms with van der Waals surface area (Å²) in [6.45, 7) is 3.64. The zero-order chi connectivity index (χ0) is 12.6. The first-order valence-corrected chi connectivity index (χ1v) is 9.18. The number of thiol groups is 1. The summed E-state index contributed by atoms with van der Waals surface area (Å²) in [4.78, 5) is 10.2. The fraction of sp³-hybridized carbons (Fsp3) is 1.00. The molecule has 2 N–H and O–H groups in total. The average Bonchev–Trinajstić information content (AvgIpc) is 2.30. The molecule has 0 bridgehead atoms. The topological polar surface area (TPSA) is 50.7 Å². The highest BCUT2D eigenvalue weighted by molar-refractivity contribution is 7.80. The minimum absolute atomic E-state index is 0.586. The van der Waals surface area contributed by atoms with E-state index in [0.717, 1.165) is 25.1 Å². The van der Waals surface area contributed by atoms with Gasteiger partial charge in [-0.05, 0) is 30.9 Å². The molecule has 0 aromatic carbocycles. The molecule has 1 rings (SSSR count). The van der Waals surface area contributed by atoms with Crippen LogP contribution in [0.4, 0.5) is 0 Å². The van der Waals surface area contributed by atoms with E-state index >= 15 is 0 Å². The quantitative estimate of drug-likeness (QED) is 0.514. The molecule has 0 aromatic rings. The van der Waals surface area contributed by atoms with Crippen LogP contribution in [-0.4, -0.2) is 32.5 Å². The van der Waals surface area contributed by atoms with E-state index in [1.807, 2.05) is 0 Å². The molecule has 0 aliphatic carbocycles. The van der Waals surface area contributed by atoms with Crippen LogP contribution in [0.2, 0.25) is 6.04 Å². The Bertz CT molecular complexity index is 199. The number of unbranched alkanes of at least 4 members (excludes halogenated alkanes) is 1. The molecule has 0 aromatic heterocycles. The molecular formula is C11H25NO3SSi. The second-order valence-electron chi connectivity index (χ2n) is 4.64. The minimum atomic E-state index is -2.96. The maximum atomic E-state index is 10.2. The highest BCUT2D eigenvalue weighted by Gasteiger charge is 2.38. The van der Waals surface area contributed by atoms with Crippen LogP contribution in [0.3, 0.4) is 0 Å². The third-order valence-corrected chi connectivity index (χ3v) is 5.49. The summed E-state index contributed by atoms with van der Waals surface area (Å²) in [7, 11) is -2.96. The van der Waals surface area contributed by atoms with Crippen LogP contribution >= 0.6 is 12.6 Å². The zero-order valence-corrected chi connectivity index (χ0v) is 12.5. The molecule has 1 fully saturated rings. The van der Waals surface area contributed by atoms with Crippen LogP contribution in [0.15, 0.2) is 0 Å². The molecular weight excluding hydrogens is 254 g/mol. The molecule has 1 saturated heterocycles. The van der Waals surface area contributed by atoms with E-state index in [0.29, 0.717) is 18.6 Å². The molecule has 1 aliphatic heterocycles. The van der Waals surface area contributed by atoms with E-state index in [-0.39, 0.29) is 0 Å². The monoisotopic (exact) mass is 279 g/mol. The van der Waals surface area contributed by atoms with Gasteiger partial charge in [-0.25, -0.2) is 5.48 Å². The summed E-state index contributed by atoms with van der Waals surface area (Å²) in [5.74, 6) is 1.35. The first-order valence-electron chi connectivity index (χ1n) is 6.58. The van der Waals surface area contributed by atoms with Gasteiger partial charge in [0.25, 0.3) is 0 Å². The van der Waals surface area contributed by atoms with Gasteiger partial charge in [-0.2, -0.15) is 12.6 Å². The average molecular weight is 279 g/mol. The van der Waals surface area contributed by atoms with Gasteiger partial charge in [0.2, 0.25) is 0 Å². The van der Waals surface area contributed by atoms with Gasteiger partial charge in [0, 0.05) is 19.2 Å². The lowest BCUT2D eigenvalue weighted by Gasteiger charge is -2.29. The molecule has 4 nitrogen and oxygen atoms in total. The third kappa shape index (κ3) is 6.22. The maximum absolute atomic E-state index is 10.2. The Kier molecular flexibility index (Phi) is 7.73. The lowest BCUT2D eigenvalue weighted by molar-refractivity contribution is 0.0186. The summed E-state index contributed by atoms with van der Waals surface area (Å²) in [5.41, 5.74) is 2.91. The summed E-state index contributed by atoms with van der Waals surface area (Å²) < 4.78 is 10.9. The van der Waals surface area contributed by atoms with E-state index in [1.165, 1.54) is 19.3 Å². The molecule has 17 heavy (non-hydrogen) atoms. The standard InChI is InChI=1S/C11H25NO3SSi/c1-2-3-5-11-6-7-14-17(13,9-4-8-16)15-12-10-11/h11-13,16H,2-10H2,1H3. The number of hydrogen-bond acceptors (Lipinski definition) is 5. The van der Waals surface area contributed by atoms with E-state index in [9.17, 15) is 4.80 Å². The van der Waals surface area contributed by atoms with E-state index in [1.54, 1.807) is 0 Å². The van der Waals surface area contributed by atoms with Crippen LogP contribution in [0.1, 0.15) is 39.0 Å². The van der Waals surface area contributed by atoms with Gasteiger partial charge in [0.15, 0.2) is 0 Å². The predicted molar refractivity (Wildman–Crippen MR) is 73.9 cm³/mol. The van der Waals surface area contributed by atoms with Gasteiger partial charge >= 0.3 is 8.80 Å². The van der Waals surface area contributed by atoms with Crippen LogP contribution in [0.25, 0.3) is 0 Å². The Morgan fingerprint density at radius 1 is 1.47 bits per heavy atom. The van der Waals surface area contributed by atoms with Crippen molar-refractivity contribution in [1.82, 2.24) is 5.48 Å². The highest BCUT2D eigenvalue weighted by Crippen LogP contribution is 2.19. The Labute approximate surface area is 111 Å². The van der Waals surface area contributed by atoms with Gasteiger partial charge in [-0.1, -0.05) is 19.8 Å². The molecule has 2 atom stereocenters. The SMILES string of the molecule is CCCCC1CCO[Si](O)(CCCS)ONC1. The Balaban J connectivity index is 2.30. The minimum Gasteiger partial charge on any atom is -0.389 e. The highest BCUT2D eigenvalue weighted by atomic mass is 32.1. The second-order valence-corrected chi connectivity index (χ2v) is 7.50. The molecule has 0 saturated carbocycles. The predicted octanol–water partition coefficient (Wildman–Crippen LogP) is 1.99. The Morgan fingerprint density at radius 3 is 3.00 bits per heavy atom. The summed E-state index contributed by atoms with van der Waals surface area (Å²) in [5, 5.41) is 0. The van der Waals surface area contributed by atoms with Crippen molar-refractivity contribution >= 4 is 21.4 Å². The number of nitrogens with one attached hydrogen (secondary N) is 1. The molecule has 2 unspecified atom stereocenters. The van der Waals surface area contributed by atoms with Crippen molar-refractivity contribution < 1.29 is 13.7 Å². The number of hydrogen-bond donors (Lipinski definition) is 3. The van der Waals surface area contributed by atoms with E-state index < -0.39 is 8.80 Å². The van der Waals surface area contributed by atoms with Crippen LogP contribution in [0.5, 0.6) is 0 Å². The second kappa shape index (κ2) is 8.50. The third-order valence-electron chi connectivity index (χ3n) is 3.07. The first kappa shape index (κ1) is 15.5. The molecule has 0 spiro atoms. The van der Waals surface area contributed by atoms with Crippen molar-refractivity contribution in [2.75, 3.05) is 18.9 Å². The van der Waals surface area contributed by atoms with Gasteiger partial charge in [-0.3, -0.25) is 4.53 Å². The van der Waals surface area contributed by atoms with E-state index in [2.05, 4.69) is 25.0 Å². The lowest BCUT2D eigenvalue weighted by Crippen LogP contribution is -2.49. The molecule has 0 amide bonds. The summed E-state index contributed by atoms with van der Waals surface area (Å²) >= 11 is 4.14. The molecule has 102 valence electrons. The van der Waals surface area contributed by atoms with Crippen molar-refractivity contribution in [3.05, 3.63) is 0 Å². The smallest absolute Gasteiger partial charge is 0.389 e. The number of hydroxylamine groups is 1. The van der Waals surface area contributed by atoms with Gasteiger partial charge in [0.1, 0.15) is 0 Å². The van der Waals surface area contributed by atoms with Crippen molar-refractivity contribution in [3.8, 4) is 0 Å². The van der Waals surface area contributed by atoms with Crippen molar-refractivity contribution in [1.29, 1.82) is 0 Å². The fourth-order valence-electron chi connectivity index (χ4n) is 1.95. The number of rotatable bonds is 6. The Morgan fingerprint density at radius 2 is 2.29 bits per heavy atom. The van der Waals surface area contributed by atoms with Gasteiger partial charge < -0.3 is 9.22 Å². The maximum Gasteiger partial charge on any atom is 0.515 e. The van der Waals surface area contributed by atoms with Crippen molar-refractivity contribution in [3.63, 3.8) is 0 Å². The van der Waals surface area contributed by atoms with Crippen LogP contribution in [0, 0.1) is 5.92 Å². The Hall–Kier alpha value is 0.407.